The van der Waals surface area contributed by atoms with E-state index in [9.17, 15) is 4.79 Å². The number of pyridine rings is 1. The summed E-state index contributed by atoms with van der Waals surface area (Å²) in [6.07, 6.45) is 7.37. The SMILES string of the molecule is O=C(/C=C/c1ccccc1Cl)N1CCN(Cc2cnc3ccccn23)CC1. The first-order valence-corrected chi connectivity index (χ1v) is 9.43. The minimum absolute atomic E-state index is 0.0318. The summed E-state index contributed by atoms with van der Waals surface area (Å²) in [5, 5.41) is 0.652. The van der Waals surface area contributed by atoms with Gasteiger partial charge in [0.2, 0.25) is 5.91 Å². The molecule has 138 valence electrons. The molecule has 0 saturated carbocycles. The topological polar surface area (TPSA) is 40.9 Å². The van der Waals surface area contributed by atoms with Crippen LogP contribution in [0.5, 0.6) is 0 Å². The van der Waals surface area contributed by atoms with Crippen molar-refractivity contribution in [2.75, 3.05) is 26.2 Å². The third kappa shape index (κ3) is 4.04. The second-order valence-electron chi connectivity index (χ2n) is 6.63. The van der Waals surface area contributed by atoms with E-state index in [1.807, 2.05) is 59.8 Å². The van der Waals surface area contributed by atoms with Gasteiger partial charge in [-0.15, -0.1) is 0 Å². The number of imidazole rings is 1. The number of fused-ring (bicyclic) bond motifs is 1. The third-order valence-electron chi connectivity index (χ3n) is 4.87. The van der Waals surface area contributed by atoms with Crippen LogP contribution in [0.4, 0.5) is 0 Å². The molecule has 27 heavy (non-hydrogen) atoms. The molecule has 3 aromatic rings. The number of piperazine rings is 1. The van der Waals surface area contributed by atoms with Crippen molar-refractivity contribution in [3.05, 3.63) is 77.2 Å². The molecule has 2 aromatic heterocycles. The molecule has 0 unspecified atom stereocenters. The number of carbonyl (C=O) groups excluding carboxylic acids is 1. The second-order valence-corrected chi connectivity index (χ2v) is 7.04. The Bertz CT molecular complexity index is 973. The van der Waals surface area contributed by atoms with Crippen molar-refractivity contribution < 1.29 is 4.79 Å². The Balaban J connectivity index is 1.33. The summed E-state index contributed by atoms with van der Waals surface area (Å²) in [5.74, 6) is 0.0318. The van der Waals surface area contributed by atoms with E-state index in [0.29, 0.717) is 5.02 Å². The average Bonchev–Trinajstić information content (AvgIpc) is 3.11. The van der Waals surface area contributed by atoms with Gasteiger partial charge in [-0.3, -0.25) is 9.69 Å². The van der Waals surface area contributed by atoms with Crippen LogP contribution in [0.1, 0.15) is 11.3 Å². The fourth-order valence-electron chi connectivity index (χ4n) is 3.33. The molecule has 0 N–H and O–H groups in total. The lowest BCUT2D eigenvalue weighted by molar-refractivity contribution is -0.127. The summed E-state index contributed by atoms with van der Waals surface area (Å²) in [7, 11) is 0. The van der Waals surface area contributed by atoms with Crippen LogP contribution < -0.4 is 0 Å². The number of hydrogen-bond acceptors (Lipinski definition) is 3. The zero-order chi connectivity index (χ0) is 18.6. The molecule has 6 heteroatoms. The summed E-state index contributed by atoms with van der Waals surface area (Å²) in [4.78, 5) is 21.1. The summed E-state index contributed by atoms with van der Waals surface area (Å²) in [5.41, 5.74) is 2.99. The average molecular weight is 381 g/mol. The van der Waals surface area contributed by atoms with E-state index in [2.05, 4.69) is 14.3 Å². The van der Waals surface area contributed by atoms with Crippen molar-refractivity contribution in [2.24, 2.45) is 0 Å². The lowest BCUT2D eigenvalue weighted by Crippen LogP contribution is -2.47. The maximum absolute atomic E-state index is 12.4. The Labute approximate surface area is 163 Å². The maximum Gasteiger partial charge on any atom is 0.246 e. The molecular weight excluding hydrogens is 360 g/mol. The molecule has 0 bridgehead atoms. The van der Waals surface area contributed by atoms with Crippen LogP contribution in [-0.4, -0.2) is 51.3 Å². The Kier molecular flexibility index (Phi) is 5.23. The van der Waals surface area contributed by atoms with Gasteiger partial charge in [-0.2, -0.15) is 0 Å². The Morgan fingerprint density at radius 1 is 1.07 bits per heavy atom. The van der Waals surface area contributed by atoms with Crippen molar-refractivity contribution in [3.8, 4) is 0 Å². The number of rotatable bonds is 4. The molecule has 1 aliphatic rings. The first kappa shape index (κ1) is 17.8. The molecule has 0 radical (unpaired) electrons. The Morgan fingerprint density at radius 2 is 1.85 bits per heavy atom. The van der Waals surface area contributed by atoms with Crippen LogP contribution in [-0.2, 0) is 11.3 Å². The van der Waals surface area contributed by atoms with Gasteiger partial charge < -0.3 is 9.30 Å². The minimum atomic E-state index is 0.0318. The Morgan fingerprint density at radius 3 is 2.67 bits per heavy atom. The van der Waals surface area contributed by atoms with Crippen LogP contribution in [0, 0.1) is 0 Å². The molecule has 4 rings (SSSR count). The van der Waals surface area contributed by atoms with Crippen LogP contribution >= 0.6 is 11.6 Å². The highest BCUT2D eigenvalue weighted by Crippen LogP contribution is 2.17. The van der Waals surface area contributed by atoms with Gasteiger partial charge in [0.1, 0.15) is 5.65 Å². The molecular formula is C21H21ClN4O. The van der Waals surface area contributed by atoms with Crippen LogP contribution in [0.15, 0.2) is 60.9 Å². The van der Waals surface area contributed by atoms with Crippen LogP contribution in [0.3, 0.4) is 0 Å². The summed E-state index contributed by atoms with van der Waals surface area (Å²) >= 11 is 6.13. The lowest BCUT2D eigenvalue weighted by atomic mass is 10.2. The molecule has 0 spiro atoms. The fourth-order valence-corrected chi connectivity index (χ4v) is 3.53. The number of halogens is 1. The molecule has 5 nitrogen and oxygen atoms in total. The predicted octanol–water partition coefficient (Wildman–Crippen LogP) is 3.35. The number of hydrogen-bond donors (Lipinski definition) is 0. The van der Waals surface area contributed by atoms with E-state index in [1.54, 1.807) is 12.2 Å². The number of carbonyl (C=O) groups is 1. The van der Waals surface area contributed by atoms with Crippen molar-refractivity contribution >= 4 is 29.2 Å². The van der Waals surface area contributed by atoms with Crippen LogP contribution in [0.25, 0.3) is 11.7 Å². The lowest BCUT2D eigenvalue weighted by Gasteiger charge is -2.34. The number of amides is 1. The van der Waals surface area contributed by atoms with E-state index < -0.39 is 0 Å². The van der Waals surface area contributed by atoms with Gasteiger partial charge in [0.15, 0.2) is 0 Å². The van der Waals surface area contributed by atoms with E-state index in [1.165, 1.54) is 5.69 Å². The largest absolute Gasteiger partial charge is 0.337 e. The molecule has 3 heterocycles. The first-order valence-electron chi connectivity index (χ1n) is 9.05. The molecule has 1 aliphatic heterocycles. The van der Waals surface area contributed by atoms with Crippen molar-refractivity contribution in [2.45, 2.75) is 6.54 Å². The number of nitrogens with zero attached hydrogens (tertiary/aromatic N) is 4. The molecule has 1 amide bonds. The van der Waals surface area contributed by atoms with E-state index in [4.69, 9.17) is 11.6 Å². The van der Waals surface area contributed by atoms with Gasteiger partial charge in [-0.25, -0.2) is 4.98 Å². The Hall–Kier alpha value is -2.63. The first-order chi connectivity index (χ1) is 13.2. The quantitative estimate of drug-likeness (QED) is 0.652. The van der Waals surface area contributed by atoms with Gasteiger partial charge in [0.25, 0.3) is 0 Å². The molecule has 1 fully saturated rings. The highest BCUT2D eigenvalue weighted by Gasteiger charge is 2.20. The van der Waals surface area contributed by atoms with Crippen molar-refractivity contribution in [1.82, 2.24) is 19.2 Å². The van der Waals surface area contributed by atoms with E-state index in [0.717, 1.165) is 43.9 Å². The maximum atomic E-state index is 12.4. The zero-order valence-electron chi connectivity index (χ0n) is 15.0. The van der Waals surface area contributed by atoms with E-state index >= 15 is 0 Å². The van der Waals surface area contributed by atoms with Crippen LogP contribution in [0.2, 0.25) is 5.02 Å². The third-order valence-corrected chi connectivity index (χ3v) is 5.22. The molecule has 0 aliphatic carbocycles. The van der Waals surface area contributed by atoms with Crippen molar-refractivity contribution in [3.63, 3.8) is 0 Å². The van der Waals surface area contributed by atoms with Gasteiger partial charge >= 0.3 is 0 Å². The second kappa shape index (κ2) is 7.94. The van der Waals surface area contributed by atoms with Gasteiger partial charge in [-0.05, 0) is 29.8 Å². The monoisotopic (exact) mass is 380 g/mol. The zero-order valence-corrected chi connectivity index (χ0v) is 15.7. The van der Waals surface area contributed by atoms with Gasteiger partial charge in [-0.1, -0.05) is 35.9 Å². The van der Waals surface area contributed by atoms with Crippen molar-refractivity contribution in [1.29, 1.82) is 0 Å². The standard InChI is InChI=1S/C21H21ClN4O/c22-19-6-2-1-5-17(19)8-9-21(27)25-13-11-24(12-14-25)16-18-15-23-20-7-3-4-10-26(18)20/h1-10,15H,11-14,16H2/b9-8+. The number of aromatic nitrogens is 2. The fraction of sp³-hybridized carbons (Fsp3) is 0.238. The normalized spacial score (nSPS) is 15.7. The minimum Gasteiger partial charge on any atom is -0.337 e. The van der Waals surface area contributed by atoms with Gasteiger partial charge in [0.05, 0.1) is 11.9 Å². The predicted molar refractivity (Wildman–Crippen MR) is 108 cm³/mol. The summed E-state index contributed by atoms with van der Waals surface area (Å²) in [6, 6.07) is 13.5. The summed E-state index contributed by atoms with van der Waals surface area (Å²) in [6.45, 7) is 3.99. The van der Waals surface area contributed by atoms with E-state index in [-0.39, 0.29) is 5.91 Å². The summed E-state index contributed by atoms with van der Waals surface area (Å²) < 4.78 is 2.11. The highest BCUT2D eigenvalue weighted by atomic mass is 35.5. The highest BCUT2D eigenvalue weighted by molar-refractivity contribution is 6.32. The molecule has 0 atom stereocenters. The molecule has 1 aromatic carbocycles. The molecule has 1 saturated heterocycles. The van der Waals surface area contributed by atoms with Gasteiger partial charge in [0, 0.05) is 50.0 Å². The smallest absolute Gasteiger partial charge is 0.246 e. The number of benzene rings is 1.